The number of hydrogen-bond donors (Lipinski definition) is 4. The summed E-state index contributed by atoms with van der Waals surface area (Å²) < 4.78 is 65.2. The van der Waals surface area contributed by atoms with Gasteiger partial charge in [-0.15, -0.1) is 0 Å². The first-order valence-corrected chi connectivity index (χ1v) is 17.6. The van der Waals surface area contributed by atoms with E-state index in [1.165, 1.54) is 23.8 Å². The summed E-state index contributed by atoms with van der Waals surface area (Å²) in [6.07, 6.45) is -0.326. The summed E-state index contributed by atoms with van der Waals surface area (Å²) in [6, 6.07) is 20.4. The van der Waals surface area contributed by atoms with Gasteiger partial charge in [0.2, 0.25) is 16.0 Å². The molecule has 4 N–H and O–H groups in total. The number of sulfonamides is 1. The Bertz CT molecular complexity index is 1800. The summed E-state index contributed by atoms with van der Waals surface area (Å²) in [6.45, 7) is 1.90. The number of aliphatic carboxylic acids is 1. The predicted molar refractivity (Wildman–Crippen MR) is 184 cm³/mol. The van der Waals surface area contributed by atoms with E-state index >= 15 is 0 Å². The lowest BCUT2D eigenvalue weighted by atomic mass is 9.82. The summed E-state index contributed by atoms with van der Waals surface area (Å²) in [5.41, 5.74) is 2.11. The van der Waals surface area contributed by atoms with Crippen molar-refractivity contribution < 1.29 is 36.2 Å². The van der Waals surface area contributed by atoms with Crippen molar-refractivity contribution in [3.8, 4) is 5.75 Å². The Balaban J connectivity index is 0.000000698. The van der Waals surface area contributed by atoms with Crippen molar-refractivity contribution in [1.29, 1.82) is 0 Å². The smallest absolute Gasteiger partial charge is 0.490 e. The minimum Gasteiger partial charge on any atom is -0.497 e. The van der Waals surface area contributed by atoms with Crippen LogP contribution in [0.1, 0.15) is 31.2 Å². The van der Waals surface area contributed by atoms with Crippen molar-refractivity contribution in [2.24, 2.45) is 11.8 Å². The molecule has 16 heteroatoms. The number of carboxylic acid groups (broad SMARTS) is 1. The number of nitrogens with zero attached hydrogens (tertiary/aromatic N) is 2. The van der Waals surface area contributed by atoms with Crippen LogP contribution in [0.3, 0.4) is 0 Å². The molecule has 4 aromatic rings. The third-order valence-corrected chi connectivity index (χ3v) is 9.77. The zero-order chi connectivity index (χ0) is 35.6. The van der Waals surface area contributed by atoms with Crippen molar-refractivity contribution in [1.82, 2.24) is 14.7 Å². The molecule has 0 spiro atoms. The molecule has 0 aliphatic heterocycles. The van der Waals surface area contributed by atoms with Crippen LogP contribution >= 0.6 is 23.2 Å². The maximum absolute atomic E-state index is 12.7. The molecule has 49 heavy (non-hydrogen) atoms. The van der Waals surface area contributed by atoms with E-state index in [1.54, 1.807) is 7.11 Å². The SMILES string of the molecule is COc1ccc(CCNc2nc(NCC3CCC(CNS(=O)(=O)c4cc(Cl)cc(Cl)c4)CC3)nc3ccccc23)cc1.O=C(O)C(F)(F)F. The van der Waals surface area contributed by atoms with Gasteiger partial charge in [-0.3, -0.25) is 0 Å². The van der Waals surface area contributed by atoms with Crippen LogP contribution in [0.25, 0.3) is 10.9 Å². The number of para-hydroxylation sites is 1. The molecule has 264 valence electrons. The summed E-state index contributed by atoms with van der Waals surface area (Å²) >= 11 is 12.0. The highest BCUT2D eigenvalue weighted by Gasteiger charge is 2.38. The second kappa shape index (κ2) is 17.2. The standard InChI is InChI=1S/C31H35Cl2N5O3S.C2HF3O2/c1-41-26-12-10-21(11-13-26)14-15-34-30-28-4-2-3-5-29(28)37-31(38-30)35-19-22-6-8-23(9-7-22)20-36-42(39,40)27-17-24(32)16-25(33)18-27;3-2(4,5)1(6)7/h2-5,10-13,16-18,22-23,36H,6-9,14-15,19-20H2,1H3,(H2,34,35,37,38);(H,6,7). The first kappa shape index (κ1) is 38.0. The Hall–Kier alpha value is -3.85. The molecule has 0 atom stereocenters. The number of ether oxygens (including phenoxy) is 1. The zero-order valence-corrected chi connectivity index (χ0v) is 28.8. The molecule has 1 heterocycles. The maximum Gasteiger partial charge on any atom is 0.490 e. The summed E-state index contributed by atoms with van der Waals surface area (Å²) in [5.74, 6) is 0.258. The molecule has 1 fully saturated rings. The molecule has 3 aromatic carbocycles. The summed E-state index contributed by atoms with van der Waals surface area (Å²) in [4.78, 5) is 18.5. The lowest BCUT2D eigenvalue weighted by Gasteiger charge is -2.28. The van der Waals surface area contributed by atoms with E-state index in [9.17, 15) is 21.6 Å². The van der Waals surface area contributed by atoms with E-state index in [2.05, 4.69) is 27.5 Å². The molecule has 0 amide bonds. The van der Waals surface area contributed by atoms with Crippen LogP contribution in [0, 0.1) is 11.8 Å². The van der Waals surface area contributed by atoms with Crippen LogP contribution in [-0.2, 0) is 21.2 Å². The number of rotatable bonds is 12. The molecule has 0 unspecified atom stereocenters. The predicted octanol–water partition coefficient (Wildman–Crippen LogP) is 7.43. The van der Waals surface area contributed by atoms with Gasteiger partial charge >= 0.3 is 12.1 Å². The maximum atomic E-state index is 12.7. The number of alkyl halides is 3. The van der Waals surface area contributed by atoms with Gasteiger partial charge in [0.25, 0.3) is 0 Å². The third-order valence-electron chi connectivity index (χ3n) is 7.93. The Labute approximate surface area is 292 Å². The number of methoxy groups -OCH3 is 1. The number of nitrogens with one attached hydrogen (secondary N) is 3. The minimum absolute atomic E-state index is 0.0860. The van der Waals surface area contributed by atoms with E-state index < -0.39 is 22.2 Å². The number of hydrogen-bond acceptors (Lipinski definition) is 8. The van der Waals surface area contributed by atoms with Crippen LogP contribution < -0.4 is 20.1 Å². The molecule has 0 radical (unpaired) electrons. The Morgan fingerprint density at radius 3 is 2.10 bits per heavy atom. The summed E-state index contributed by atoms with van der Waals surface area (Å²) in [7, 11) is -2.00. The minimum atomic E-state index is -5.08. The fourth-order valence-corrected chi connectivity index (χ4v) is 7.12. The number of anilines is 2. The molecular formula is C33H36Cl2F3N5O5S. The van der Waals surface area contributed by atoms with Gasteiger partial charge in [0.1, 0.15) is 11.6 Å². The van der Waals surface area contributed by atoms with Gasteiger partial charge in [0.05, 0.1) is 17.5 Å². The van der Waals surface area contributed by atoms with E-state index in [0.717, 1.165) is 67.7 Å². The molecule has 1 aliphatic rings. The van der Waals surface area contributed by atoms with Gasteiger partial charge in [-0.2, -0.15) is 18.2 Å². The van der Waals surface area contributed by atoms with Gasteiger partial charge in [0, 0.05) is 35.1 Å². The quantitative estimate of drug-likeness (QED) is 0.117. The highest BCUT2D eigenvalue weighted by atomic mass is 35.5. The largest absolute Gasteiger partial charge is 0.497 e. The van der Waals surface area contributed by atoms with Crippen LogP contribution in [0.2, 0.25) is 10.0 Å². The monoisotopic (exact) mass is 741 g/mol. The molecule has 0 saturated heterocycles. The highest BCUT2D eigenvalue weighted by Crippen LogP contribution is 2.30. The van der Waals surface area contributed by atoms with Gasteiger partial charge in [-0.1, -0.05) is 47.5 Å². The average molecular weight is 743 g/mol. The fourth-order valence-electron chi connectivity index (χ4n) is 5.28. The van der Waals surface area contributed by atoms with Gasteiger partial charge < -0.3 is 20.5 Å². The van der Waals surface area contributed by atoms with Crippen LogP contribution in [0.15, 0.2) is 71.6 Å². The second-order valence-electron chi connectivity index (χ2n) is 11.5. The number of aromatic nitrogens is 2. The number of halogens is 5. The molecule has 1 aliphatic carbocycles. The summed E-state index contributed by atoms with van der Waals surface area (Å²) in [5, 5.41) is 15.7. The number of benzene rings is 3. The van der Waals surface area contributed by atoms with E-state index in [0.29, 0.717) is 28.5 Å². The lowest BCUT2D eigenvalue weighted by Crippen LogP contribution is -2.32. The molecule has 0 bridgehead atoms. The van der Waals surface area contributed by atoms with Crippen molar-refractivity contribution in [2.45, 2.75) is 43.2 Å². The van der Waals surface area contributed by atoms with Crippen molar-refractivity contribution in [2.75, 3.05) is 37.4 Å². The molecule has 5 rings (SSSR count). The van der Waals surface area contributed by atoms with Crippen LogP contribution in [0.4, 0.5) is 24.9 Å². The van der Waals surface area contributed by atoms with Crippen LogP contribution in [0.5, 0.6) is 5.75 Å². The second-order valence-corrected chi connectivity index (χ2v) is 14.1. The molecule has 10 nitrogen and oxygen atoms in total. The topological polar surface area (TPSA) is 143 Å². The van der Waals surface area contributed by atoms with Gasteiger partial charge in [0.15, 0.2) is 0 Å². The average Bonchev–Trinajstić information content (AvgIpc) is 3.06. The first-order valence-electron chi connectivity index (χ1n) is 15.4. The first-order chi connectivity index (χ1) is 23.2. The Kier molecular flexibility index (Phi) is 13.3. The molecule has 1 saturated carbocycles. The highest BCUT2D eigenvalue weighted by molar-refractivity contribution is 7.89. The Morgan fingerprint density at radius 2 is 1.51 bits per heavy atom. The van der Waals surface area contributed by atoms with Crippen molar-refractivity contribution in [3.05, 3.63) is 82.3 Å². The van der Waals surface area contributed by atoms with E-state index in [-0.39, 0.29) is 10.8 Å². The van der Waals surface area contributed by atoms with Crippen molar-refractivity contribution >= 4 is 61.9 Å². The normalized spacial score (nSPS) is 16.4. The van der Waals surface area contributed by atoms with Gasteiger partial charge in [-0.05, 0) is 92.0 Å². The van der Waals surface area contributed by atoms with Crippen molar-refractivity contribution in [3.63, 3.8) is 0 Å². The Morgan fingerprint density at radius 1 is 0.918 bits per heavy atom. The van der Waals surface area contributed by atoms with Crippen LogP contribution in [-0.4, -0.2) is 62.4 Å². The fraction of sp³-hybridized carbons (Fsp3) is 0.364. The number of fused-ring (bicyclic) bond motifs is 1. The lowest BCUT2D eigenvalue weighted by molar-refractivity contribution is -0.192. The number of carbonyl (C=O) groups is 1. The molecular weight excluding hydrogens is 706 g/mol. The zero-order valence-electron chi connectivity index (χ0n) is 26.4. The number of carboxylic acids is 1. The van der Waals surface area contributed by atoms with Gasteiger partial charge in [-0.25, -0.2) is 22.9 Å². The third kappa shape index (κ3) is 11.6. The molecule has 1 aromatic heterocycles. The van der Waals surface area contributed by atoms with E-state index in [1.807, 2.05) is 36.4 Å². The van der Waals surface area contributed by atoms with E-state index in [4.69, 9.17) is 47.8 Å².